The number of nitrogens with zero attached hydrogens (tertiary/aromatic N) is 3. The number of hydrogen-bond acceptors (Lipinski definition) is 5. The highest BCUT2D eigenvalue weighted by atomic mass is 32.2. The molecule has 1 aromatic carbocycles. The molecule has 2 rings (SSSR count). The average molecular weight is 273 g/mol. The van der Waals surface area contributed by atoms with Crippen molar-refractivity contribution in [2.24, 2.45) is 5.92 Å². The fraction of sp³-hybridized carbons (Fsp3) is 0.357. The van der Waals surface area contributed by atoms with Gasteiger partial charge < -0.3 is 4.52 Å². The molecule has 4 nitrogen and oxygen atoms in total. The Labute approximate surface area is 116 Å². The summed E-state index contributed by atoms with van der Waals surface area (Å²) in [6, 6.07) is 9.20. The van der Waals surface area contributed by atoms with E-state index in [0.29, 0.717) is 23.2 Å². The summed E-state index contributed by atoms with van der Waals surface area (Å²) in [7, 11) is 0. The van der Waals surface area contributed by atoms with Crippen molar-refractivity contribution in [2.75, 3.05) is 5.75 Å². The van der Waals surface area contributed by atoms with Gasteiger partial charge in [0.1, 0.15) is 0 Å². The summed E-state index contributed by atoms with van der Waals surface area (Å²) >= 11 is 1.80. The Balaban J connectivity index is 2.01. The highest BCUT2D eigenvalue weighted by Crippen LogP contribution is 2.20. The largest absolute Gasteiger partial charge is 0.334 e. The third-order valence-corrected chi connectivity index (χ3v) is 3.78. The number of aromatic nitrogens is 2. The minimum Gasteiger partial charge on any atom is -0.334 e. The van der Waals surface area contributed by atoms with Gasteiger partial charge >= 0.3 is 0 Å². The summed E-state index contributed by atoms with van der Waals surface area (Å²) in [4.78, 5) is 4.35. The number of rotatable bonds is 5. The van der Waals surface area contributed by atoms with E-state index < -0.39 is 0 Å². The maximum Gasteiger partial charge on any atom is 0.257 e. The summed E-state index contributed by atoms with van der Waals surface area (Å²) in [5, 5.41) is 12.7. The van der Waals surface area contributed by atoms with Crippen LogP contribution in [0.3, 0.4) is 0 Å². The lowest BCUT2D eigenvalue weighted by Gasteiger charge is -2.00. The lowest BCUT2D eigenvalue weighted by molar-refractivity contribution is 0.425. The van der Waals surface area contributed by atoms with Gasteiger partial charge in [-0.25, -0.2) is 0 Å². The zero-order chi connectivity index (χ0) is 13.7. The topological polar surface area (TPSA) is 62.7 Å². The minimum atomic E-state index is 0.504. The van der Waals surface area contributed by atoms with Crippen LogP contribution in [-0.2, 0) is 5.75 Å². The Hall–Kier alpha value is -1.80. The van der Waals surface area contributed by atoms with Crippen molar-refractivity contribution in [1.29, 1.82) is 5.26 Å². The van der Waals surface area contributed by atoms with Crippen LogP contribution in [0.1, 0.15) is 25.2 Å². The van der Waals surface area contributed by atoms with E-state index in [1.54, 1.807) is 23.9 Å². The van der Waals surface area contributed by atoms with Crippen LogP contribution < -0.4 is 0 Å². The zero-order valence-electron chi connectivity index (χ0n) is 11.0. The molecule has 0 atom stereocenters. The average Bonchev–Trinajstić information content (AvgIpc) is 2.87. The van der Waals surface area contributed by atoms with E-state index in [2.05, 4.69) is 30.1 Å². The van der Waals surface area contributed by atoms with Gasteiger partial charge in [0.05, 0.1) is 17.4 Å². The highest BCUT2D eigenvalue weighted by Gasteiger charge is 2.09. The maximum absolute atomic E-state index is 8.74. The van der Waals surface area contributed by atoms with Gasteiger partial charge in [0.2, 0.25) is 0 Å². The monoisotopic (exact) mass is 273 g/mol. The van der Waals surface area contributed by atoms with Crippen molar-refractivity contribution < 1.29 is 4.52 Å². The Morgan fingerprint density at radius 3 is 2.68 bits per heavy atom. The molecule has 1 aromatic heterocycles. The van der Waals surface area contributed by atoms with Gasteiger partial charge in [0.25, 0.3) is 5.89 Å². The van der Waals surface area contributed by atoms with Gasteiger partial charge in [0.15, 0.2) is 5.82 Å². The third kappa shape index (κ3) is 3.83. The maximum atomic E-state index is 8.74. The predicted molar refractivity (Wildman–Crippen MR) is 75.4 cm³/mol. The van der Waals surface area contributed by atoms with Crippen molar-refractivity contribution in [1.82, 2.24) is 10.1 Å². The molecule has 0 radical (unpaired) electrons. The SMILES string of the molecule is CC(C)CSCc1noc(-c2ccc(C#N)cc2)n1. The van der Waals surface area contributed by atoms with E-state index in [9.17, 15) is 0 Å². The lowest BCUT2D eigenvalue weighted by Crippen LogP contribution is -1.92. The van der Waals surface area contributed by atoms with Crippen LogP contribution in [-0.4, -0.2) is 15.9 Å². The molecule has 0 unspecified atom stereocenters. The normalized spacial score (nSPS) is 10.6. The second-order valence-electron chi connectivity index (χ2n) is 4.61. The molecule has 0 bridgehead atoms. The lowest BCUT2D eigenvalue weighted by atomic mass is 10.1. The number of nitriles is 1. The fourth-order valence-corrected chi connectivity index (χ4v) is 2.39. The van der Waals surface area contributed by atoms with Crippen LogP contribution in [0.4, 0.5) is 0 Å². The highest BCUT2D eigenvalue weighted by molar-refractivity contribution is 7.98. The van der Waals surface area contributed by atoms with E-state index in [0.717, 1.165) is 17.1 Å². The van der Waals surface area contributed by atoms with Crippen molar-refractivity contribution in [3.63, 3.8) is 0 Å². The van der Waals surface area contributed by atoms with E-state index in [1.165, 1.54) is 0 Å². The Bertz CT molecular complexity index is 569. The number of benzene rings is 1. The molecule has 0 aliphatic rings. The van der Waals surface area contributed by atoms with Crippen LogP contribution in [0, 0.1) is 17.2 Å². The molecule has 19 heavy (non-hydrogen) atoms. The van der Waals surface area contributed by atoms with Crippen LogP contribution in [0.15, 0.2) is 28.8 Å². The first kappa shape index (κ1) is 13.6. The van der Waals surface area contributed by atoms with Crippen molar-refractivity contribution >= 4 is 11.8 Å². The smallest absolute Gasteiger partial charge is 0.257 e. The summed E-state index contributed by atoms with van der Waals surface area (Å²) in [6.45, 7) is 4.37. The van der Waals surface area contributed by atoms with Gasteiger partial charge in [-0.2, -0.15) is 22.0 Å². The van der Waals surface area contributed by atoms with Crippen LogP contribution >= 0.6 is 11.8 Å². The van der Waals surface area contributed by atoms with Crippen LogP contribution in [0.25, 0.3) is 11.5 Å². The van der Waals surface area contributed by atoms with Crippen LogP contribution in [0.5, 0.6) is 0 Å². The second kappa shape index (κ2) is 6.39. The quantitative estimate of drug-likeness (QED) is 0.834. The predicted octanol–water partition coefficient (Wildman–Crippen LogP) is 3.50. The Kier molecular flexibility index (Phi) is 4.58. The summed E-state index contributed by atoms with van der Waals surface area (Å²) in [5.41, 5.74) is 1.46. The van der Waals surface area contributed by atoms with Gasteiger partial charge in [-0.15, -0.1) is 0 Å². The molecule has 0 spiro atoms. The fourth-order valence-electron chi connectivity index (χ4n) is 1.50. The molecule has 0 amide bonds. The third-order valence-electron chi connectivity index (χ3n) is 2.41. The molecule has 1 heterocycles. The van der Waals surface area contributed by atoms with E-state index in [1.807, 2.05) is 12.1 Å². The Morgan fingerprint density at radius 2 is 2.05 bits per heavy atom. The van der Waals surface area contributed by atoms with Crippen molar-refractivity contribution in [2.45, 2.75) is 19.6 Å². The second-order valence-corrected chi connectivity index (χ2v) is 5.64. The van der Waals surface area contributed by atoms with Crippen molar-refractivity contribution in [3.05, 3.63) is 35.7 Å². The number of hydrogen-bond donors (Lipinski definition) is 0. The van der Waals surface area contributed by atoms with Crippen LogP contribution in [0.2, 0.25) is 0 Å². The molecule has 0 aliphatic heterocycles. The molecule has 0 saturated carbocycles. The van der Waals surface area contributed by atoms with E-state index in [4.69, 9.17) is 9.78 Å². The van der Waals surface area contributed by atoms with E-state index in [-0.39, 0.29) is 0 Å². The standard InChI is InChI=1S/C14H15N3OS/c1-10(2)8-19-9-13-16-14(18-17-13)12-5-3-11(7-15)4-6-12/h3-6,10H,8-9H2,1-2H3. The summed E-state index contributed by atoms with van der Waals surface area (Å²) < 4.78 is 5.22. The van der Waals surface area contributed by atoms with Crippen molar-refractivity contribution in [3.8, 4) is 17.5 Å². The first-order valence-electron chi connectivity index (χ1n) is 6.10. The van der Waals surface area contributed by atoms with Gasteiger partial charge in [-0.1, -0.05) is 19.0 Å². The molecule has 0 saturated heterocycles. The first-order chi connectivity index (χ1) is 9.19. The summed E-state index contributed by atoms with van der Waals surface area (Å²) in [6.07, 6.45) is 0. The van der Waals surface area contributed by atoms with E-state index >= 15 is 0 Å². The van der Waals surface area contributed by atoms with Gasteiger partial charge in [-0.05, 0) is 35.9 Å². The molecule has 98 valence electrons. The summed E-state index contributed by atoms with van der Waals surface area (Å²) in [5.74, 6) is 3.73. The Morgan fingerprint density at radius 1 is 1.32 bits per heavy atom. The zero-order valence-corrected chi connectivity index (χ0v) is 11.8. The van der Waals surface area contributed by atoms with Gasteiger partial charge in [0, 0.05) is 5.56 Å². The minimum absolute atomic E-state index is 0.504. The molecule has 5 heteroatoms. The van der Waals surface area contributed by atoms with Gasteiger partial charge in [-0.3, -0.25) is 0 Å². The molecule has 0 N–H and O–H groups in total. The first-order valence-corrected chi connectivity index (χ1v) is 7.25. The molecular formula is C14H15N3OS. The molecule has 0 fully saturated rings. The number of thioether (sulfide) groups is 1. The molecule has 0 aliphatic carbocycles. The molecular weight excluding hydrogens is 258 g/mol. The molecule has 2 aromatic rings.